The highest BCUT2D eigenvalue weighted by molar-refractivity contribution is 7.60. The Morgan fingerprint density at radius 2 is 2.27 bits per heavy atom. The predicted molar refractivity (Wildman–Crippen MR) is 52.3 cm³/mol. The molecule has 0 aliphatic carbocycles. The Labute approximate surface area is 86.1 Å². The standard InChI is InChI=1S/C8H10NO5P/c1-2-14-15(12,13)7-5-3-4-6(9-7)8(10)11/h3-5H,2H2,1H3,(H,10,11)(H,12,13). The molecule has 6 nitrogen and oxygen atoms in total. The van der Waals surface area contributed by atoms with Crippen LogP contribution in [0.15, 0.2) is 18.2 Å². The fraction of sp³-hybridized carbons (Fsp3) is 0.250. The van der Waals surface area contributed by atoms with Crippen LogP contribution in [-0.4, -0.2) is 27.6 Å². The summed E-state index contributed by atoms with van der Waals surface area (Å²) in [5, 5.41) is 8.63. The van der Waals surface area contributed by atoms with Crippen molar-refractivity contribution in [3.63, 3.8) is 0 Å². The number of carbonyl (C=O) groups is 1. The Hall–Kier alpha value is -1.23. The molecule has 0 fully saturated rings. The average molecular weight is 231 g/mol. The second kappa shape index (κ2) is 4.53. The maximum absolute atomic E-state index is 11.5. The molecule has 2 N–H and O–H groups in total. The highest BCUT2D eigenvalue weighted by Gasteiger charge is 2.24. The zero-order valence-corrected chi connectivity index (χ0v) is 8.85. The van der Waals surface area contributed by atoms with Gasteiger partial charge in [-0.15, -0.1) is 0 Å². The van der Waals surface area contributed by atoms with E-state index in [1.807, 2.05) is 0 Å². The van der Waals surface area contributed by atoms with Crippen molar-refractivity contribution < 1.29 is 23.9 Å². The zero-order valence-electron chi connectivity index (χ0n) is 7.95. The molecule has 0 saturated heterocycles. The fourth-order valence-electron chi connectivity index (χ4n) is 0.941. The van der Waals surface area contributed by atoms with Crippen LogP contribution in [0.25, 0.3) is 0 Å². The van der Waals surface area contributed by atoms with Gasteiger partial charge in [-0.25, -0.2) is 9.78 Å². The number of pyridine rings is 1. The van der Waals surface area contributed by atoms with Gasteiger partial charge in [0.15, 0.2) is 5.44 Å². The number of aromatic nitrogens is 1. The summed E-state index contributed by atoms with van der Waals surface area (Å²) in [6.45, 7) is 1.61. The zero-order chi connectivity index (χ0) is 11.5. The molecule has 0 amide bonds. The molecule has 0 radical (unpaired) electrons. The van der Waals surface area contributed by atoms with E-state index in [-0.39, 0.29) is 17.7 Å². The first-order valence-corrected chi connectivity index (χ1v) is 5.73. The Balaban J connectivity index is 3.10. The largest absolute Gasteiger partial charge is 0.477 e. The van der Waals surface area contributed by atoms with Crippen molar-refractivity contribution in [3.05, 3.63) is 23.9 Å². The van der Waals surface area contributed by atoms with Crippen molar-refractivity contribution in [1.82, 2.24) is 4.98 Å². The molecule has 1 heterocycles. The van der Waals surface area contributed by atoms with Crippen molar-refractivity contribution in [2.24, 2.45) is 0 Å². The number of hydrogen-bond donors (Lipinski definition) is 2. The van der Waals surface area contributed by atoms with E-state index in [0.29, 0.717) is 0 Å². The lowest BCUT2D eigenvalue weighted by atomic mass is 10.4. The highest BCUT2D eigenvalue weighted by atomic mass is 31.2. The molecule has 0 saturated carbocycles. The van der Waals surface area contributed by atoms with Gasteiger partial charge in [-0.3, -0.25) is 4.57 Å². The Morgan fingerprint density at radius 3 is 2.80 bits per heavy atom. The molecular formula is C8H10NO5P. The van der Waals surface area contributed by atoms with E-state index in [0.717, 1.165) is 0 Å². The summed E-state index contributed by atoms with van der Waals surface area (Å²) >= 11 is 0. The van der Waals surface area contributed by atoms with Gasteiger partial charge in [0.2, 0.25) is 0 Å². The van der Waals surface area contributed by atoms with Gasteiger partial charge in [-0.2, -0.15) is 0 Å². The SMILES string of the molecule is CCOP(=O)(O)c1cccc(C(=O)O)n1. The van der Waals surface area contributed by atoms with E-state index in [4.69, 9.17) is 5.11 Å². The van der Waals surface area contributed by atoms with Crippen molar-refractivity contribution in [2.75, 3.05) is 6.61 Å². The topological polar surface area (TPSA) is 96.7 Å². The van der Waals surface area contributed by atoms with Crippen LogP contribution in [0.4, 0.5) is 0 Å². The maximum atomic E-state index is 11.5. The van der Waals surface area contributed by atoms with Crippen LogP contribution in [0, 0.1) is 0 Å². The third kappa shape index (κ3) is 2.86. The number of carboxylic acids is 1. The number of aromatic carboxylic acids is 1. The van der Waals surface area contributed by atoms with Crippen molar-refractivity contribution >= 4 is 19.0 Å². The van der Waals surface area contributed by atoms with Crippen LogP contribution in [-0.2, 0) is 9.09 Å². The highest BCUT2D eigenvalue weighted by Crippen LogP contribution is 2.39. The maximum Gasteiger partial charge on any atom is 0.377 e. The van der Waals surface area contributed by atoms with Gasteiger partial charge in [0, 0.05) is 0 Å². The minimum absolute atomic E-state index is 0.0484. The smallest absolute Gasteiger partial charge is 0.377 e. The fourth-order valence-corrected chi connectivity index (χ4v) is 1.93. The van der Waals surface area contributed by atoms with Crippen LogP contribution in [0.2, 0.25) is 0 Å². The van der Waals surface area contributed by atoms with Crippen molar-refractivity contribution in [2.45, 2.75) is 6.92 Å². The van der Waals surface area contributed by atoms with Gasteiger partial charge in [-0.1, -0.05) is 6.07 Å². The normalized spacial score (nSPS) is 14.5. The lowest BCUT2D eigenvalue weighted by Crippen LogP contribution is -2.15. The molecule has 1 rings (SSSR count). The van der Waals surface area contributed by atoms with Crippen LogP contribution < -0.4 is 5.44 Å². The van der Waals surface area contributed by atoms with Crippen LogP contribution >= 0.6 is 7.60 Å². The van der Waals surface area contributed by atoms with Gasteiger partial charge in [-0.05, 0) is 19.1 Å². The Bertz CT molecular complexity index is 419. The molecule has 1 unspecified atom stereocenters. The first-order valence-electron chi connectivity index (χ1n) is 4.15. The quantitative estimate of drug-likeness (QED) is 0.737. The number of carboxylic acid groups (broad SMARTS) is 1. The van der Waals surface area contributed by atoms with E-state index in [2.05, 4.69) is 9.51 Å². The van der Waals surface area contributed by atoms with Gasteiger partial charge in [0.1, 0.15) is 5.69 Å². The second-order valence-electron chi connectivity index (χ2n) is 2.62. The molecule has 15 heavy (non-hydrogen) atoms. The summed E-state index contributed by atoms with van der Waals surface area (Å²) in [6.07, 6.45) is 0. The summed E-state index contributed by atoms with van der Waals surface area (Å²) in [6, 6.07) is 3.83. The predicted octanol–water partition coefficient (Wildman–Crippen LogP) is 0.627. The average Bonchev–Trinajstić information content (AvgIpc) is 2.18. The van der Waals surface area contributed by atoms with Crippen LogP contribution in [0.5, 0.6) is 0 Å². The first-order chi connectivity index (χ1) is 6.97. The summed E-state index contributed by atoms with van der Waals surface area (Å²) in [5.41, 5.74) is -0.550. The van der Waals surface area contributed by atoms with E-state index >= 15 is 0 Å². The summed E-state index contributed by atoms with van der Waals surface area (Å²) in [4.78, 5) is 23.5. The van der Waals surface area contributed by atoms with E-state index in [9.17, 15) is 14.3 Å². The Morgan fingerprint density at radius 1 is 1.60 bits per heavy atom. The van der Waals surface area contributed by atoms with Gasteiger partial charge in [0.25, 0.3) is 0 Å². The molecule has 1 aromatic rings. The van der Waals surface area contributed by atoms with E-state index < -0.39 is 13.6 Å². The monoisotopic (exact) mass is 231 g/mol. The van der Waals surface area contributed by atoms with Gasteiger partial charge in [0.05, 0.1) is 6.61 Å². The molecule has 1 atom stereocenters. The summed E-state index contributed by atoms with van der Waals surface area (Å²) < 4.78 is 16.1. The molecule has 0 spiro atoms. The lowest BCUT2D eigenvalue weighted by Gasteiger charge is -2.09. The summed E-state index contributed by atoms with van der Waals surface area (Å²) in [7, 11) is -3.99. The molecule has 0 aliphatic rings. The van der Waals surface area contributed by atoms with E-state index in [1.165, 1.54) is 18.2 Å². The van der Waals surface area contributed by atoms with Crippen molar-refractivity contribution in [1.29, 1.82) is 0 Å². The minimum atomic E-state index is -3.99. The van der Waals surface area contributed by atoms with Crippen LogP contribution in [0.1, 0.15) is 17.4 Å². The summed E-state index contributed by atoms with van der Waals surface area (Å²) in [5.74, 6) is -1.26. The molecule has 1 aromatic heterocycles. The molecule has 0 bridgehead atoms. The molecule has 0 aromatic carbocycles. The van der Waals surface area contributed by atoms with Crippen molar-refractivity contribution in [3.8, 4) is 0 Å². The first kappa shape index (κ1) is 11.8. The van der Waals surface area contributed by atoms with Gasteiger partial charge >= 0.3 is 13.6 Å². The third-order valence-corrected chi connectivity index (χ3v) is 2.98. The van der Waals surface area contributed by atoms with Crippen LogP contribution in [0.3, 0.4) is 0 Å². The molecule has 0 aliphatic heterocycles. The minimum Gasteiger partial charge on any atom is -0.477 e. The van der Waals surface area contributed by atoms with E-state index in [1.54, 1.807) is 6.92 Å². The lowest BCUT2D eigenvalue weighted by molar-refractivity contribution is 0.0691. The molecule has 82 valence electrons. The Kier molecular flexibility index (Phi) is 3.57. The number of hydrogen-bond acceptors (Lipinski definition) is 4. The molecular weight excluding hydrogens is 221 g/mol. The third-order valence-electron chi connectivity index (χ3n) is 1.55. The van der Waals surface area contributed by atoms with Gasteiger partial charge < -0.3 is 14.5 Å². The number of nitrogens with zero attached hydrogens (tertiary/aromatic N) is 1. The second-order valence-corrected chi connectivity index (χ2v) is 4.38. The molecule has 7 heteroatoms. The number of rotatable bonds is 4.